The smallest absolute Gasteiger partial charge is 0.323 e. The highest BCUT2D eigenvalue weighted by atomic mass is 32.1. The molecule has 23 heavy (non-hydrogen) atoms. The highest BCUT2D eigenvalue weighted by Gasteiger charge is 2.16. The van der Waals surface area contributed by atoms with Gasteiger partial charge in [0.15, 0.2) is 16.7 Å². The summed E-state index contributed by atoms with van der Waals surface area (Å²) in [5, 5.41) is 12.7. The molecule has 0 radical (unpaired) electrons. The Balaban J connectivity index is 1.99. The minimum atomic E-state index is -0.614. The molecule has 0 spiro atoms. The number of halogens is 1. The van der Waals surface area contributed by atoms with Gasteiger partial charge in [0, 0.05) is 13.1 Å². The maximum atomic E-state index is 13.5. The summed E-state index contributed by atoms with van der Waals surface area (Å²) >= 11 is 1.09. The number of rotatable bonds is 6. The van der Waals surface area contributed by atoms with E-state index in [-0.39, 0.29) is 18.3 Å². The molecule has 8 heteroatoms. The number of benzene rings is 1. The van der Waals surface area contributed by atoms with E-state index in [1.807, 2.05) is 6.92 Å². The molecule has 0 aliphatic heterocycles. The van der Waals surface area contributed by atoms with Gasteiger partial charge in [0.1, 0.15) is 0 Å². The van der Waals surface area contributed by atoms with E-state index in [1.54, 1.807) is 19.1 Å². The lowest BCUT2D eigenvalue weighted by Crippen LogP contribution is -2.39. The lowest BCUT2D eigenvalue weighted by Gasteiger charge is -2.21. The molecule has 1 aromatic carbocycles. The van der Waals surface area contributed by atoms with Crippen LogP contribution in [-0.4, -0.2) is 40.2 Å². The maximum Gasteiger partial charge on any atom is 0.323 e. The average Bonchev–Trinajstić information content (AvgIpc) is 2.94. The number of thiazole rings is 1. The van der Waals surface area contributed by atoms with E-state index in [2.05, 4.69) is 10.3 Å². The van der Waals surface area contributed by atoms with Crippen molar-refractivity contribution < 1.29 is 19.0 Å². The van der Waals surface area contributed by atoms with Gasteiger partial charge in [-0.05, 0) is 26.0 Å². The number of anilines is 1. The van der Waals surface area contributed by atoms with E-state index >= 15 is 0 Å². The quantitative estimate of drug-likeness (QED) is 0.847. The molecule has 0 aliphatic carbocycles. The molecule has 0 saturated carbocycles. The van der Waals surface area contributed by atoms with Crippen LogP contribution in [0.25, 0.3) is 0 Å². The molecule has 124 valence electrons. The zero-order valence-electron chi connectivity index (χ0n) is 12.8. The Labute approximate surface area is 137 Å². The standard InChI is InChI=1S/C15H18FN3O3S/c1-3-19(9-10(2)20)15(21)18-14-17-8-13(23-14)22-12-7-5-4-6-11(12)16/h4-8,10,20H,3,9H2,1-2H3,(H,17,18,21)/t10-/m0/s1. The Morgan fingerprint density at radius 2 is 2.26 bits per heavy atom. The number of ether oxygens (including phenoxy) is 1. The number of nitrogens with one attached hydrogen (secondary N) is 1. The van der Waals surface area contributed by atoms with Crippen molar-refractivity contribution in [3.63, 3.8) is 0 Å². The number of nitrogens with zero attached hydrogens (tertiary/aromatic N) is 2. The summed E-state index contributed by atoms with van der Waals surface area (Å²) in [6.45, 7) is 4.11. The first-order valence-corrected chi connectivity index (χ1v) is 7.93. The Bertz CT molecular complexity index is 663. The highest BCUT2D eigenvalue weighted by molar-refractivity contribution is 7.17. The summed E-state index contributed by atoms with van der Waals surface area (Å²) < 4.78 is 18.9. The predicted octanol–water partition coefficient (Wildman–Crippen LogP) is 3.31. The van der Waals surface area contributed by atoms with Gasteiger partial charge in [-0.2, -0.15) is 0 Å². The van der Waals surface area contributed by atoms with Crippen LogP contribution in [0.4, 0.5) is 14.3 Å². The second kappa shape index (κ2) is 7.89. The fourth-order valence-electron chi connectivity index (χ4n) is 1.85. The van der Waals surface area contributed by atoms with Crippen molar-refractivity contribution in [3.05, 3.63) is 36.3 Å². The molecule has 0 aliphatic rings. The molecule has 2 rings (SSSR count). The number of hydrogen-bond acceptors (Lipinski definition) is 5. The number of hydrogen-bond donors (Lipinski definition) is 2. The number of aromatic nitrogens is 1. The minimum Gasteiger partial charge on any atom is -0.442 e. The van der Waals surface area contributed by atoms with E-state index in [4.69, 9.17) is 4.74 Å². The predicted molar refractivity (Wildman–Crippen MR) is 86.5 cm³/mol. The number of carbonyl (C=O) groups excluding carboxylic acids is 1. The number of aliphatic hydroxyl groups is 1. The van der Waals surface area contributed by atoms with Crippen molar-refractivity contribution in [1.29, 1.82) is 0 Å². The first-order valence-electron chi connectivity index (χ1n) is 7.11. The summed E-state index contributed by atoms with van der Waals surface area (Å²) in [5.41, 5.74) is 0. The van der Waals surface area contributed by atoms with E-state index in [1.165, 1.54) is 23.2 Å². The van der Waals surface area contributed by atoms with Crippen molar-refractivity contribution >= 4 is 22.5 Å². The number of para-hydroxylation sites is 1. The molecule has 2 amide bonds. The van der Waals surface area contributed by atoms with Crippen molar-refractivity contribution in [3.8, 4) is 10.8 Å². The summed E-state index contributed by atoms with van der Waals surface area (Å²) in [4.78, 5) is 17.6. The fraction of sp³-hybridized carbons (Fsp3) is 0.333. The van der Waals surface area contributed by atoms with Crippen LogP contribution in [-0.2, 0) is 0 Å². The highest BCUT2D eigenvalue weighted by Crippen LogP contribution is 2.31. The lowest BCUT2D eigenvalue weighted by atomic mass is 10.3. The van der Waals surface area contributed by atoms with Crippen LogP contribution in [0.5, 0.6) is 10.8 Å². The van der Waals surface area contributed by atoms with E-state index in [0.29, 0.717) is 16.7 Å². The second-order valence-corrected chi connectivity index (χ2v) is 5.83. The molecule has 0 unspecified atom stereocenters. The van der Waals surface area contributed by atoms with Gasteiger partial charge >= 0.3 is 6.03 Å². The molecule has 2 N–H and O–H groups in total. The van der Waals surface area contributed by atoms with Crippen molar-refractivity contribution in [2.45, 2.75) is 20.0 Å². The molecular weight excluding hydrogens is 321 g/mol. The number of carbonyl (C=O) groups is 1. The number of likely N-dealkylation sites (N-methyl/N-ethyl adjacent to an activating group) is 1. The normalized spacial score (nSPS) is 11.8. The van der Waals surface area contributed by atoms with Crippen LogP contribution in [0.15, 0.2) is 30.5 Å². The van der Waals surface area contributed by atoms with Crippen molar-refractivity contribution in [2.24, 2.45) is 0 Å². The van der Waals surface area contributed by atoms with E-state index in [9.17, 15) is 14.3 Å². The molecule has 0 bridgehead atoms. The van der Waals surface area contributed by atoms with Crippen molar-refractivity contribution in [1.82, 2.24) is 9.88 Å². The maximum absolute atomic E-state index is 13.5. The van der Waals surface area contributed by atoms with Gasteiger partial charge in [-0.1, -0.05) is 23.5 Å². The van der Waals surface area contributed by atoms with Gasteiger partial charge in [0.2, 0.25) is 5.06 Å². The molecular formula is C15H18FN3O3S. The largest absolute Gasteiger partial charge is 0.442 e. The second-order valence-electron chi connectivity index (χ2n) is 4.83. The summed E-state index contributed by atoms with van der Waals surface area (Å²) in [5.74, 6) is -0.376. The number of aliphatic hydroxyl groups excluding tert-OH is 1. The third kappa shape index (κ3) is 4.90. The Morgan fingerprint density at radius 3 is 2.91 bits per heavy atom. The van der Waals surface area contributed by atoms with Gasteiger partial charge in [0.25, 0.3) is 0 Å². The SMILES string of the molecule is CCN(C[C@H](C)O)C(=O)Nc1ncc(Oc2ccccc2F)s1. The zero-order chi connectivity index (χ0) is 16.8. The average molecular weight is 339 g/mol. The topological polar surface area (TPSA) is 74.7 Å². The lowest BCUT2D eigenvalue weighted by molar-refractivity contribution is 0.141. The van der Waals surface area contributed by atoms with Gasteiger partial charge < -0.3 is 14.7 Å². The van der Waals surface area contributed by atoms with Gasteiger partial charge in [0.05, 0.1) is 12.3 Å². The number of amides is 2. The molecule has 1 aromatic heterocycles. The van der Waals surface area contributed by atoms with Gasteiger partial charge in [-0.15, -0.1) is 0 Å². The Morgan fingerprint density at radius 1 is 1.52 bits per heavy atom. The van der Waals surface area contributed by atoms with E-state index in [0.717, 1.165) is 11.3 Å². The molecule has 1 atom stereocenters. The van der Waals surface area contributed by atoms with Crippen LogP contribution in [0.2, 0.25) is 0 Å². The molecule has 6 nitrogen and oxygen atoms in total. The van der Waals surface area contributed by atoms with Crippen molar-refractivity contribution in [2.75, 3.05) is 18.4 Å². The summed E-state index contributed by atoms with van der Waals surface area (Å²) in [7, 11) is 0. The molecule has 2 aromatic rings. The molecule has 0 fully saturated rings. The van der Waals surface area contributed by atoms with Gasteiger partial charge in [-0.25, -0.2) is 14.2 Å². The van der Waals surface area contributed by atoms with Crippen LogP contribution >= 0.6 is 11.3 Å². The Hall–Kier alpha value is -2.19. The first-order chi connectivity index (χ1) is 11.0. The first kappa shape index (κ1) is 17.2. The minimum absolute atomic E-state index is 0.0957. The number of urea groups is 1. The summed E-state index contributed by atoms with van der Waals surface area (Å²) in [6, 6.07) is 5.68. The van der Waals surface area contributed by atoms with Crippen LogP contribution in [0.3, 0.4) is 0 Å². The van der Waals surface area contributed by atoms with Gasteiger partial charge in [-0.3, -0.25) is 5.32 Å². The third-order valence-electron chi connectivity index (χ3n) is 2.90. The third-order valence-corrected chi connectivity index (χ3v) is 3.69. The van der Waals surface area contributed by atoms with Crippen LogP contribution < -0.4 is 10.1 Å². The Kier molecular flexibility index (Phi) is 5.89. The fourth-order valence-corrected chi connectivity index (χ4v) is 2.52. The van der Waals surface area contributed by atoms with Crippen LogP contribution in [0.1, 0.15) is 13.8 Å². The summed E-state index contributed by atoms with van der Waals surface area (Å²) in [6.07, 6.45) is 0.800. The van der Waals surface area contributed by atoms with Crippen LogP contribution in [0, 0.1) is 5.82 Å². The molecule has 1 heterocycles. The zero-order valence-corrected chi connectivity index (χ0v) is 13.6. The van der Waals surface area contributed by atoms with E-state index < -0.39 is 11.9 Å². The monoisotopic (exact) mass is 339 g/mol. The molecule has 0 saturated heterocycles.